The van der Waals surface area contributed by atoms with Crippen LogP contribution in [0.25, 0.3) is 0 Å². The molecular formula is C21H30N2O5. The molecule has 28 heavy (non-hydrogen) atoms. The van der Waals surface area contributed by atoms with Crippen LogP contribution in [0.4, 0.5) is 0 Å². The van der Waals surface area contributed by atoms with E-state index in [-0.39, 0.29) is 12.5 Å². The Morgan fingerprint density at radius 1 is 1.36 bits per heavy atom. The van der Waals surface area contributed by atoms with Crippen molar-refractivity contribution in [3.8, 4) is 5.75 Å². The number of aliphatic imine (C=N–C) groups is 1. The molecule has 0 fully saturated rings. The molecule has 2 atom stereocenters. The van der Waals surface area contributed by atoms with Crippen molar-refractivity contribution in [3.05, 3.63) is 42.5 Å². The molecule has 1 aromatic rings. The second kappa shape index (κ2) is 10.8. The van der Waals surface area contributed by atoms with Crippen molar-refractivity contribution in [1.82, 2.24) is 5.32 Å². The first-order valence-corrected chi connectivity index (χ1v) is 9.56. The average molecular weight is 390 g/mol. The summed E-state index contributed by atoms with van der Waals surface area (Å²) in [5, 5.41) is 11.7. The maximum absolute atomic E-state index is 12.9. The number of nitrogens with zero attached hydrogens (tertiary/aromatic N) is 1. The van der Waals surface area contributed by atoms with E-state index >= 15 is 0 Å². The highest BCUT2D eigenvalue weighted by atomic mass is 16.5. The van der Waals surface area contributed by atoms with Crippen LogP contribution in [0.5, 0.6) is 5.75 Å². The Morgan fingerprint density at radius 3 is 2.75 bits per heavy atom. The highest BCUT2D eigenvalue weighted by molar-refractivity contribution is 6.00. The van der Waals surface area contributed by atoms with Crippen LogP contribution < -0.4 is 10.1 Å². The average Bonchev–Trinajstić information content (AvgIpc) is 3.03. The van der Waals surface area contributed by atoms with Crippen LogP contribution in [0.1, 0.15) is 31.7 Å². The van der Waals surface area contributed by atoms with Crippen LogP contribution in [0.2, 0.25) is 0 Å². The lowest BCUT2D eigenvalue weighted by Gasteiger charge is -2.26. The SMILES string of the molecule is C=CC[C@@]1(C(=O)NCCCOC)N=C(c2ccc(OCCCO)cc2)O[C@@H]1C. The van der Waals surface area contributed by atoms with Crippen molar-refractivity contribution in [1.29, 1.82) is 0 Å². The van der Waals surface area contributed by atoms with Gasteiger partial charge in [0, 0.05) is 45.3 Å². The van der Waals surface area contributed by atoms with E-state index in [1.165, 1.54) is 0 Å². The van der Waals surface area contributed by atoms with Gasteiger partial charge in [-0.25, -0.2) is 4.99 Å². The maximum atomic E-state index is 12.9. The lowest BCUT2D eigenvalue weighted by atomic mass is 9.89. The highest BCUT2D eigenvalue weighted by Crippen LogP contribution is 2.32. The summed E-state index contributed by atoms with van der Waals surface area (Å²) in [6.07, 6.45) is 2.98. The Labute approximate surface area is 166 Å². The molecule has 1 aromatic carbocycles. The fourth-order valence-corrected chi connectivity index (χ4v) is 2.98. The van der Waals surface area contributed by atoms with Gasteiger partial charge in [-0.15, -0.1) is 6.58 Å². The van der Waals surface area contributed by atoms with Gasteiger partial charge in [-0.3, -0.25) is 4.79 Å². The predicted octanol–water partition coefficient (Wildman–Crippen LogP) is 2.08. The van der Waals surface area contributed by atoms with E-state index in [1.807, 2.05) is 31.2 Å². The van der Waals surface area contributed by atoms with Gasteiger partial charge < -0.3 is 24.6 Å². The highest BCUT2D eigenvalue weighted by Gasteiger charge is 2.49. The van der Waals surface area contributed by atoms with Crippen LogP contribution in [0.3, 0.4) is 0 Å². The van der Waals surface area contributed by atoms with Crippen molar-refractivity contribution < 1.29 is 24.1 Å². The van der Waals surface area contributed by atoms with E-state index < -0.39 is 11.6 Å². The number of amides is 1. The summed E-state index contributed by atoms with van der Waals surface area (Å²) in [4.78, 5) is 17.6. The second-order valence-electron chi connectivity index (χ2n) is 6.65. The second-order valence-corrected chi connectivity index (χ2v) is 6.65. The van der Waals surface area contributed by atoms with E-state index in [4.69, 9.17) is 19.3 Å². The summed E-state index contributed by atoms with van der Waals surface area (Å²) < 4.78 is 16.5. The van der Waals surface area contributed by atoms with Gasteiger partial charge >= 0.3 is 0 Å². The molecule has 0 spiro atoms. The van der Waals surface area contributed by atoms with Crippen LogP contribution in [0.15, 0.2) is 41.9 Å². The third kappa shape index (κ3) is 5.33. The largest absolute Gasteiger partial charge is 0.494 e. The van der Waals surface area contributed by atoms with Gasteiger partial charge in [-0.1, -0.05) is 6.08 Å². The molecular weight excluding hydrogens is 360 g/mol. The van der Waals surface area contributed by atoms with Gasteiger partial charge in [0.1, 0.15) is 11.9 Å². The molecule has 1 aliphatic rings. The smallest absolute Gasteiger partial charge is 0.252 e. The third-order valence-electron chi connectivity index (χ3n) is 4.59. The van der Waals surface area contributed by atoms with E-state index in [9.17, 15) is 4.79 Å². The fraction of sp³-hybridized carbons (Fsp3) is 0.524. The van der Waals surface area contributed by atoms with Crippen LogP contribution in [-0.4, -0.2) is 62.0 Å². The number of nitrogens with one attached hydrogen (secondary N) is 1. The first-order chi connectivity index (χ1) is 13.6. The molecule has 154 valence electrons. The number of hydrogen-bond donors (Lipinski definition) is 2. The van der Waals surface area contributed by atoms with Crippen molar-refractivity contribution in [2.24, 2.45) is 4.99 Å². The molecule has 0 saturated heterocycles. The number of aliphatic hydroxyl groups excluding tert-OH is 1. The Morgan fingerprint density at radius 2 is 2.11 bits per heavy atom. The first kappa shape index (κ1) is 21.9. The first-order valence-electron chi connectivity index (χ1n) is 9.56. The van der Waals surface area contributed by atoms with E-state index in [2.05, 4.69) is 16.9 Å². The number of hydrogen-bond acceptors (Lipinski definition) is 6. The van der Waals surface area contributed by atoms with E-state index in [0.29, 0.717) is 44.2 Å². The molecule has 0 aliphatic carbocycles. The maximum Gasteiger partial charge on any atom is 0.252 e. The normalized spacial score (nSPS) is 21.0. The minimum Gasteiger partial charge on any atom is -0.494 e. The topological polar surface area (TPSA) is 89.4 Å². The monoisotopic (exact) mass is 390 g/mol. The van der Waals surface area contributed by atoms with Crippen molar-refractivity contribution in [2.45, 2.75) is 37.8 Å². The fourth-order valence-electron chi connectivity index (χ4n) is 2.98. The zero-order chi connectivity index (χ0) is 20.4. The molecule has 0 saturated carbocycles. The van der Waals surface area contributed by atoms with Crippen LogP contribution >= 0.6 is 0 Å². The summed E-state index contributed by atoms with van der Waals surface area (Å²) >= 11 is 0. The number of benzene rings is 1. The van der Waals surface area contributed by atoms with Gasteiger partial charge in [0.15, 0.2) is 5.54 Å². The number of rotatable bonds is 12. The van der Waals surface area contributed by atoms with Crippen molar-refractivity contribution in [3.63, 3.8) is 0 Å². The lowest BCUT2D eigenvalue weighted by Crippen LogP contribution is -2.50. The minimum absolute atomic E-state index is 0.0968. The predicted molar refractivity (Wildman–Crippen MR) is 108 cm³/mol. The van der Waals surface area contributed by atoms with Gasteiger partial charge in [-0.05, 0) is 37.6 Å². The molecule has 0 radical (unpaired) electrons. The summed E-state index contributed by atoms with van der Waals surface area (Å²) in [5.74, 6) is 0.968. The Hall–Kier alpha value is -2.38. The standard InChI is InChI=1S/C21H30N2O5/c1-4-11-21(20(25)22-12-5-14-26-3)16(2)28-19(23-21)17-7-9-18(10-8-17)27-15-6-13-24/h4,7-10,16,24H,1,5-6,11-15H2,2-3H3,(H,22,25)/t16-,21-/m1/s1. The van der Waals surface area contributed by atoms with E-state index in [0.717, 1.165) is 12.0 Å². The molecule has 0 aromatic heterocycles. The van der Waals surface area contributed by atoms with Crippen molar-refractivity contribution in [2.75, 3.05) is 33.5 Å². The Kier molecular flexibility index (Phi) is 8.47. The number of carbonyl (C=O) groups is 1. The summed E-state index contributed by atoms with van der Waals surface area (Å²) in [7, 11) is 1.63. The summed E-state index contributed by atoms with van der Waals surface area (Å²) in [6.45, 7) is 7.28. The third-order valence-corrected chi connectivity index (χ3v) is 4.59. The summed E-state index contributed by atoms with van der Waals surface area (Å²) in [5.41, 5.74) is -0.250. The molecule has 0 bridgehead atoms. The van der Waals surface area contributed by atoms with Gasteiger partial charge in [0.05, 0.1) is 6.61 Å². The van der Waals surface area contributed by atoms with Crippen LogP contribution in [0, 0.1) is 0 Å². The number of ether oxygens (including phenoxy) is 3. The zero-order valence-corrected chi connectivity index (χ0v) is 16.6. The van der Waals surface area contributed by atoms with Crippen molar-refractivity contribution >= 4 is 11.8 Å². The minimum atomic E-state index is -1.03. The molecule has 2 rings (SSSR count). The zero-order valence-electron chi connectivity index (χ0n) is 16.6. The molecule has 7 nitrogen and oxygen atoms in total. The lowest BCUT2D eigenvalue weighted by molar-refractivity contribution is -0.128. The van der Waals surface area contributed by atoms with Gasteiger partial charge in [-0.2, -0.15) is 0 Å². The number of methoxy groups -OCH3 is 1. The van der Waals surface area contributed by atoms with Gasteiger partial charge in [0.25, 0.3) is 5.91 Å². The molecule has 7 heteroatoms. The number of carbonyl (C=O) groups excluding carboxylic acids is 1. The Balaban J connectivity index is 2.13. The molecule has 1 heterocycles. The Bertz CT molecular complexity index is 674. The molecule has 0 unspecified atom stereocenters. The number of aliphatic hydroxyl groups is 1. The molecule has 1 amide bonds. The molecule has 1 aliphatic heterocycles. The van der Waals surface area contributed by atoms with Gasteiger partial charge in [0.2, 0.25) is 5.90 Å². The summed E-state index contributed by atoms with van der Waals surface area (Å²) in [6, 6.07) is 7.34. The quantitative estimate of drug-likeness (QED) is 0.421. The molecule has 2 N–H and O–H groups in total. The van der Waals surface area contributed by atoms with Crippen LogP contribution in [-0.2, 0) is 14.3 Å². The van der Waals surface area contributed by atoms with E-state index in [1.54, 1.807) is 13.2 Å².